The number of aryl methyl sites for hydroxylation is 1. The molecule has 0 unspecified atom stereocenters. The van der Waals surface area contributed by atoms with Crippen molar-refractivity contribution in [1.82, 2.24) is 20.0 Å². The van der Waals surface area contributed by atoms with E-state index >= 15 is 0 Å². The van der Waals surface area contributed by atoms with Crippen molar-refractivity contribution in [3.05, 3.63) is 17.5 Å². The van der Waals surface area contributed by atoms with Gasteiger partial charge in [0.15, 0.2) is 0 Å². The zero-order valence-corrected chi connectivity index (χ0v) is 19.5. The van der Waals surface area contributed by atoms with Gasteiger partial charge in [-0.05, 0) is 77.3 Å². The zero-order chi connectivity index (χ0) is 23.4. The molecule has 182 valence electrons. The number of nitrogens with one attached hydrogen (secondary N) is 1. The monoisotopic (exact) mass is 458 g/mol. The number of hydrogen-bond donors (Lipinski definition) is 1. The molecule has 1 fully saturated rings. The van der Waals surface area contributed by atoms with E-state index in [1.54, 1.807) is 6.20 Å². The van der Waals surface area contributed by atoms with E-state index < -0.39 is 18.2 Å². The maximum absolute atomic E-state index is 12.4. The Labute approximate surface area is 188 Å². The number of alkyl carbamates (subject to hydrolysis) is 1. The van der Waals surface area contributed by atoms with Crippen LogP contribution >= 0.6 is 0 Å². The Bertz CT molecular complexity index is 724. The predicted octanol–water partition coefficient (Wildman–Crippen LogP) is 4.71. The van der Waals surface area contributed by atoms with E-state index in [9.17, 15) is 18.0 Å². The lowest BCUT2D eigenvalue weighted by atomic mass is 9.84. The summed E-state index contributed by atoms with van der Waals surface area (Å²) in [6, 6.07) is 0.198. The molecule has 0 saturated heterocycles. The van der Waals surface area contributed by atoms with Crippen molar-refractivity contribution in [2.75, 3.05) is 19.6 Å². The number of carbonyl (C=O) groups is 1. The molecule has 1 saturated carbocycles. The van der Waals surface area contributed by atoms with Crippen LogP contribution in [0.15, 0.2) is 6.20 Å². The molecule has 6 nitrogen and oxygen atoms in total. The van der Waals surface area contributed by atoms with Crippen LogP contribution < -0.4 is 5.32 Å². The van der Waals surface area contributed by atoms with Gasteiger partial charge in [-0.25, -0.2) is 4.79 Å². The van der Waals surface area contributed by atoms with Gasteiger partial charge < -0.3 is 15.0 Å². The Morgan fingerprint density at radius 2 is 1.81 bits per heavy atom. The molecular formula is C23H37F3N4O2. The summed E-state index contributed by atoms with van der Waals surface area (Å²) in [4.78, 5) is 14.4. The van der Waals surface area contributed by atoms with Gasteiger partial charge in [0.2, 0.25) is 0 Å². The van der Waals surface area contributed by atoms with Crippen molar-refractivity contribution in [3.63, 3.8) is 0 Å². The number of alkyl halides is 3. The van der Waals surface area contributed by atoms with Gasteiger partial charge in [0, 0.05) is 38.3 Å². The number of amides is 1. The van der Waals surface area contributed by atoms with Crippen LogP contribution in [0.4, 0.5) is 18.0 Å². The molecule has 0 radical (unpaired) electrons. The fourth-order valence-electron chi connectivity index (χ4n) is 4.59. The van der Waals surface area contributed by atoms with Crippen LogP contribution in [0.3, 0.4) is 0 Å². The SMILES string of the molecule is CC(C)(C)OC(=O)N[C@H]1CC[C@H](CCN2CCc3cn(CCC(F)(F)F)nc3CC2)CC1. The number of carbonyl (C=O) groups excluding carboxylic acids is 1. The molecule has 3 rings (SSSR count). The minimum absolute atomic E-state index is 0.105. The molecule has 0 spiro atoms. The summed E-state index contributed by atoms with van der Waals surface area (Å²) in [5.74, 6) is 0.670. The number of halogens is 3. The molecule has 1 amide bonds. The van der Waals surface area contributed by atoms with Gasteiger partial charge in [-0.3, -0.25) is 4.68 Å². The highest BCUT2D eigenvalue weighted by molar-refractivity contribution is 5.68. The van der Waals surface area contributed by atoms with Gasteiger partial charge in [-0.2, -0.15) is 18.3 Å². The molecule has 1 aliphatic heterocycles. The second kappa shape index (κ2) is 10.4. The first-order chi connectivity index (χ1) is 15.0. The Kier molecular flexibility index (Phi) is 8.11. The van der Waals surface area contributed by atoms with E-state index in [1.807, 2.05) is 20.8 Å². The number of fused-ring (bicyclic) bond motifs is 1. The summed E-state index contributed by atoms with van der Waals surface area (Å²) in [5, 5.41) is 7.39. The maximum atomic E-state index is 12.4. The smallest absolute Gasteiger partial charge is 0.407 e. The Hall–Kier alpha value is -1.77. The van der Waals surface area contributed by atoms with Gasteiger partial charge in [-0.1, -0.05) is 0 Å². The summed E-state index contributed by atoms with van der Waals surface area (Å²) < 4.78 is 44.1. The predicted molar refractivity (Wildman–Crippen MR) is 116 cm³/mol. The van der Waals surface area contributed by atoms with E-state index in [-0.39, 0.29) is 18.7 Å². The summed E-state index contributed by atoms with van der Waals surface area (Å²) in [5.41, 5.74) is 1.56. The van der Waals surface area contributed by atoms with Crippen molar-refractivity contribution in [3.8, 4) is 0 Å². The largest absolute Gasteiger partial charge is 0.444 e. The van der Waals surface area contributed by atoms with Crippen molar-refractivity contribution in [2.24, 2.45) is 5.92 Å². The quantitative estimate of drug-likeness (QED) is 0.671. The van der Waals surface area contributed by atoms with Crippen molar-refractivity contribution in [1.29, 1.82) is 0 Å². The van der Waals surface area contributed by atoms with Crippen LogP contribution in [0.1, 0.15) is 70.6 Å². The number of nitrogens with zero attached hydrogens (tertiary/aromatic N) is 3. The second-order valence-corrected chi connectivity index (χ2v) is 10.2. The van der Waals surface area contributed by atoms with E-state index in [2.05, 4.69) is 15.3 Å². The third-order valence-electron chi connectivity index (χ3n) is 6.33. The van der Waals surface area contributed by atoms with Crippen molar-refractivity contribution in [2.45, 2.75) is 96.5 Å². The van der Waals surface area contributed by atoms with Crippen LogP contribution in [0.2, 0.25) is 0 Å². The first-order valence-electron chi connectivity index (χ1n) is 11.8. The number of rotatable bonds is 6. The number of aromatic nitrogens is 2. The van der Waals surface area contributed by atoms with Gasteiger partial charge in [-0.15, -0.1) is 0 Å². The number of ether oxygens (including phenoxy) is 1. The molecule has 2 aliphatic rings. The first-order valence-corrected chi connectivity index (χ1v) is 11.8. The number of hydrogen-bond acceptors (Lipinski definition) is 4. The Morgan fingerprint density at radius 3 is 2.47 bits per heavy atom. The minimum Gasteiger partial charge on any atom is -0.444 e. The van der Waals surface area contributed by atoms with Crippen LogP contribution in [0.25, 0.3) is 0 Å². The van der Waals surface area contributed by atoms with Gasteiger partial charge in [0.25, 0.3) is 0 Å². The molecular weight excluding hydrogens is 421 g/mol. The van der Waals surface area contributed by atoms with E-state index in [1.165, 1.54) is 4.68 Å². The average Bonchev–Trinajstić information content (AvgIpc) is 2.97. The lowest BCUT2D eigenvalue weighted by Gasteiger charge is -2.31. The van der Waals surface area contributed by atoms with Crippen molar-refractivity contribution < 1.29 is 22.7 Å². The molecule has 9 heteroatoms. The lowest BCUT2D eigenvalue weighted by Crippen LogP contribution is -2.41. The minimum atomic E-state index is -4.15. The fraction of sp³-hybridized carbons (Fsp3) is 0.826. The van der Waals surface area contributed by atoms with Gasteiger partial charge >= 0.3 is 12.3 Å². The average molecular weight is 459 g/mol. The highest BCUT2D eigenvalue weighted by Crippen LogP contribution is 2.28. The third-order valence-corrected chi connectivity index (χ3v) is 6.33. The highest BCUT2D eigenvalue weighted by atomic mass is 19.4. The normalized spacial score (nSPS) is 22.8. The van der Waals surface area contributed by atoms with Gasteiger partial charge in [0.05, 0.1) is 12.1 Å². The third kappa shape index (κ3) is 8.30. The second-order valence-electron chi connectivity index (χ2n) is 10.2. The molecule has 0 bridgehead atoms. The van der Waals surface area contributed by atoms with Crippen molar-refractivity contribution >= 4 is 6.09 Å². The first kappa shape index (κ1) is 24.9. The Morgan fingerprint density at radius 1 is 1.12 bits per heavy atom. The molecule has 2 heterocycles. The van der Waals surface area contributed by atoms with Gasteiger partial charge in [0.1, 0.15) is 5.60 Å². The van der Waals surface area contributed by atoms with E-state index in [4.69, 9.17) is 4.74 Å². The summed E-state index contributed by atoms with van der Waals surface area (Å²) in [7, 11) is 0. The molecule has 1 aromatic rings. The summed E-state index contributed by atoms with van der Waals surface area (Å²) in [6.45, 7) is 8.36. The van der Waals surface area contributed by atoms with Crippen LogP contribution in [-0.2, 0) is 24.1 Å². The topological polar surface area (TPSA) is 59.4 Å². The summed E-state index contributed by atoms with van der Waals surface area (Å²) in [6.07, 6.45) is 3.45. The summed E-state index contributed by atoms with van der Waals surface area (Å²) >= 11 is 0. The zero-order valence-electron chi connectivity index (χ0n) is 19.5. The maximum Gasteiger partial charge on any atom is 0.407 e. The molecule has 0 atom stereocenters. The fourth-order valence-corrected chi connectivity index (χ4v) is 4.59. The standard InChI is InChI=1S/C23H37F3N4O2/c1-22(2,3)32-21(31)27-19-6-4-17(5-7-19)8-12-29-13-9-18-16-30(15-11-23(24,25)26)28-20(18)10-14-29/h16-17,19H,4-15H2,1-3H3,(H,27,31)/t17-,19-. The molecule has 0 aromatic carbocycles. The van der Waals surface area contributed by atoms with Crippen LogP contribution in [0.5, 0.6) is 0 Å². The molecule has 1 aromatic heterocycles. The van der Waals surface area contributed by atoms with E-state index in [0.29, 0.717) is 5.92 Å². The Balaban J connectivity index is 1.35. The molecule has 1 N–H and O–H groups in total. The lowest BCUT2D eigenvalue weighted by molar-refractivity contribution is -0.137. The molecule has 1 aliphatic carbocycles. The van der Waals surface area contributed by atoms with Crippen LogP contribution in [-0.4, -0.2) is 58.2 Å². The molecule has 32 heavy (non-hydrogen) atoms. The highest BCUT2D eigenvalue weighted by Gasteiger charge is 2.28. The van der Waals surface area contributed by atoms with E-state index in [0.717, 1.165) is 75.8 Å². The van der Waals surface area contributed by atoms with Crippen LogP contribution in [0, 0.1) is 5.92 Å².